The van der Waals surface area contributed by atoms with E-state index in [2.05, 4.69) is 17.1 Å². The molecular formula is C14H26N2O. The van der Waals surface area contributed by atoms with Crippen LogP contribution in [-0.2, 0) is 0 Å². The first-order valence-corrected chi connectivity index (χ1v) is 7.32. The SMILES string of the molecule is CC1CC(NCC2(CCO)CC2)CN1C1CC1. The molecule has 1 saturated heterocycles. The summed E-state index contributed by atoms with van der Waals surface area (Å²) in [4.78, 5) is 2.70. The summed E-state index contributed by atoms with van der Waals surface area (Å²) in [7, 11) is 0. The third-order valence-corrected chi connectivity index (χ3v) is 5.00. The summed E-state index contributed by atoms with van der Waals surface area (Å²) >= 11 is 0. The fraction of sp³-hybridized carbons (Fsp3) is 1.00. The molecule has 3 nitrogen and oxygen atoms in total. The minimum absolute atomic E-state index is 0.358. The summed E-state index contributed by atoms with van der Waals surface area (Å²) in [5, 5.41) is 12.8. The van der Waals surface area contributed by atoms with E-state index < -0.39 is 0 Å². The second-order valence-corrected chi connectivity index (χ2v) is 6.56. The molecule has 98 valence electrons. The number of nitrogens with zero attached hydrogens (tertiary/aromatic N) is 1. The summed E-state index contributed by atoms with van der Waals surface area (Å²) in [6.07, 6.45) is 7.78. The van der Waals surface area contributed by atoms with Crippen molar-refractivity contribution in [1.82, 2.24) is 10.2 Å². The normalized spacial score (nSPS) is 36.4. The lowest BCUT2D eigenvalue weighted by Crippen LogP contribution is -2.37. The average molecular weight is 238 g/mol. The molecule has 2 unspecified atom stereocenters. The number of nitrogens with one attached hydrogen (secondary N) is 1. The first kappa shape index (κ1) is 11.9. The van der Waals surface area contributed by atoms with Gasteiger partial charge in [-0.05, 0) is 50.9 Å². The van der Waals surface area contributed by atoms with E-state index in [1.54, 1.807) is 0 Å². The molecule has 0 aromatic carbocycles. The number of hydrogen-bond donors (Lipinski definition) is 2. The van der Waals surface area contributed by atoms with E-state index in [9.17, 15) is 0 Å². The second-order valence-electron chi connectivity index (χ2n) is 6.56. The van der Waals surface area contributed by atoms with Crippen LogP contribution in [0.1, 0.15) is 45.4 Å². The summed E-state index contributed by atoms with van der Waals surface area (Å²) in [5.41, 5.74) is 0.463. The van der Waals surface area contributed by atoms with Gasteiger partial charge in [0.2, 0.25) is 0 Å². The summed E-state index contributed by atoms with van der Waals surface area (Å²) < 4.78 is 0. The van der Waals surface area contributed by atoms with Crippen molar-refractivity contribution in [2.24, 2.45) is 5.41 Å². The predicted octanol–water partition coefficient (Wildman–Crippen LogP) is 1.36. The van der Waals surface area contributed by atoms with Gasteiger partial charge in [-0.25, -0.2) is 0 Å². The molecule has 2 aliphatic carbocycles. The van der Waals surface area contributed by atoms with Crippen LogP contribution in [0, 0.1) is 5.41 Å². The van der Waals surface area contributed by atoms with Crippen LogP contribution in [0.5, 0.6) is 0 Å². The molecule has 0 spiro atoms. The lowest BCUT2D eigenvalue weighted by molar-refractivity contribution is 0.238. The third-order valence-electron chi connectivity index (χ3n) is 5.00. The molecular weight excluding hydrogens is 212 g/mol. The van der Waals surface area contributed by atoms with Crippen molar-refractivity contribution in [3.8, 4) is 0 Å². The molecule has 3 rings (SSSR count). The Bertz CT molecular complexity index is 273. The zero-order valence-electron chi connectivity index (χ0n) is 11.0. The second kappa shape index (κ2) is 4.52. The maximum Gasteiger partial charge on any atom is 0.0436 e. The molecule has 3 heteroatoms. The van der Waals surface area contributed by atoms with Crippen molar-refractivity contribution in [3.05, 3.63) is 0 Å². The molecule has 1 aliphatic heterocycles. The molecule has 2 saturated carbocycles. The maximum absolute atomic E-state index is 9.06. The van der Waals surface area contributed by atoms with E-state index in [4.69, 9.17) is 5.11 Å². The fourth-order valence-corrected chi connectivity index (χ4v) is 3.41. The van der Waals surface area contributed by atoms with Gasteiger partial charge in [0.25, 0.3) is 0 Å². The van der Waals surface area contributed by atoms with Gasteiger partial charge in [0.1, 0.15) is 0 Å². The smallest absolute Gasteiger partial charge is 0.0436 e. The van der Waals surface area contributed by atoms with Crippen LogP contribution < -0.4 is 5.32 Å². The molecule has 2 atom stereocenters. The number of rotatable bonds is 6. The van der Waals surface area contributed by atoms with E-state index in [0.29, 0.717) is 18.1 Å². The van der Waals surface area contributed by atoms with Gasteiger partial charge in [0, 0.05) is 37.8 Å². The number of aliphatic hydroxyl groups is 1. The highest BCUT2D eigenvalue weighted by Gasteiger charge is 2.43. The fourth-order valence-electron chi connectivity index (χ4n) is 3.41. The molecule has 3 fully saturated rings. The number of likely N-dealkylation sites (tertiary alicyclic amines) is 1. The Morgan fingerprint density at radius 1 is 1.35 bits per heavy atom. The van der Waals surface area contributed by atoms with E-state index in [1.165, 1.54) is 38.6 Å². The highest BCUT2D eigenvalue weighted by Crippen LogP contribution is 2.48. The average Bonchev–Trinajstić information content (AvgIpc) is 3.20. The highest BCUT2D eigenvalue weighted by molar-refractivity contribution is 4.99. The van der Waals surface area contributed by atoms with Crippen molar-refractivity contribution in [2.45, 2.75) is 63.6 Å². The predicted molar refractivity (Wildman–Crippen MR) is 69.0 cm³/mol. The summed E-state index contributed by atoms with van der Waals surface area (Å²) in [6, 6.07) is 2.37. The minimum atomic E-state index is 0.358. The first-order chi connectivity index (χ1) is 8.22. The van der Waals surface area contributed by atoms with Crippen LogP contribution >= 0.6 is 0 Å². The largest absolute Gasteiger partial charge is 0.396 e. The highest BCUT2D eigenvalue weighted by atomic mass is 16.3. The summed E-state index contributed by atoms with van der Waals surface area (Å²) in [5.74, 6) is 0. The topological polar surface area (TPSA) is 35.5 Å². The van der Waals surface area contributed by atoms with E-state index in [1.807, 2.05) is 0 Å². The van der Waals surface area contributed by atoms with Gasteiger partial charge in [0.15, 0.2) is 0 Å². The Kier molecular flexibility index (Phi) is 3.18. The van der Waals surface area contributed by atoms with Crippen LogP contribution in [0.15, 0.2) is 0 Å². The summed E-state index contributed by atoms with van der Waals surface area (Å²) in [6.45, 7) is 5.11. The van der Waals surface area contributed by atoms with Gasteiger partial charge >= 0.3 is 0 Å². The van der Waals surface area contributed by atoms with Crippen molar-refractivity contribution in [1.29, 1.82) is 0 Å². The van der Waals surface area contributed by atoms with Gasteiger partial charge in [-0.15, -0.1) is 0 Å². The number of aliphatic hydroxyl groups excluding tert-OH is 1. The molecule has 0 bridgehead atoms. The van der Waals surface area contributed by atoms with E-state index >= 15 is 0 Å². The molecule has 0 amide bonds. The Morgan fingerprint density at radius 3 is 2.71 bits per heavy atom. The maximum atomic E-state index is 9.06. The van der Waals surface area contributed by atoms with Crippen LogP contribution in [0.2, 0.25) is 0 Å². The first-order valence-electron chi connectivity index (χ1n) is 7.32. The van der Waals surface area contributed by atoms with Crippen LogP contribution in [0.3, 0.4) is 0 Å². The van der Waals surface area contributed by atoms with Gasteiger partial charge in [0.05, 0.1) is 0 Å². The monoisotopic (exact) mass is 238 g/mol. The van der Waals surface area contributed by atoms with E-state index in [-0.39, 0.29) is 0 Å². The number of hydrogen-bond acceptors (Lipinski definition) is 3. The Hall–Kier alpha value is -0.120. The lowest BCUT2D eigenvalue weighted by atomic mass is 10.0. The zero-order valence-corrected chi connectivity index (χ0v) is 11.0. The standard InChI is InChI=1S/C14H26N2O/c1-11-8-12(9-16(11)13-2-3-13)15-10-14(4-5-14)6-7-17/h11-13,15,17H,2-10H2,1H3. The van der Waals surface area contributed by atoms with E-state index in [0.717, 1.165) is 25.0 Å². The van der Waals surface area contributed by atoms with Crippen molar-refractivity contribution in [2.75, 3.05) is 19.7 Å². The lowest BCUT2D eigenvalue weighted by Gasteiger charge is -2.20. The van der Waals surface area contributed by atoms with Gasteiger partial charge in [-0.3, -0.25) is 4.90 Å². The molecule has 0 aromatic heterocycles. The molecule has 0 aromatic rings. The molecule has 3 aliphatic rings. The Balaban J connectivity index is 1.44. The van der Waals surface area contributed by atoms with Crippen LogP contribution in [-0.4, -0.2) is 47.8 Å². The van der Waals surface area contributed by atoms with Crippen molar-refractivity contribution < 1.29 is 5.11 Å². The third kappa shape index (κ3) is 2.67. The van der Waals surface area contributed by atoms with Crippen LogP contribution in [0.4, 0.5) is 0 Å². The quantitative estimate of drug-likeness (QED) is 0.733. The van der Waals surface area contributed by atoms with Crippen molar-refractivity contribution >= 4 is 0 Å². The molecule has 2 N–H and O–H groups in total. The Labute approximate surface area is 105 Å². The van der Waals surface area contributed by atoms with Gasteiger partial charge < -0.3 is 10.4 Å². The van der Waals surface area contributed by atoms with Crippen LogP contribution in [0.25, 0.3) is 0 Å². The molecule has 0 radical (unpaired) electrons. The Morgan fingerprint density at radius 2 is 2.12 bits per heavy atom. The molecule has 1 heterocycles. The zero-order chi connectivity index (χ0) is 11.9. The molecule has 17 heavy (non-hydrogen) atoms. The van der Waals surface area contributed by atoms with Crippen molar-refractivity contribution in [3.63, 3.8) is 0 Å². The van der Waals surface area contributed by atoms with Gasteiger partial charge in [-0.1, -0.05) is 0 Å². The minimum Gasteiger partial charge on any atom is -0.396 e. The van der Waals surface area contributed by atoms with Gasteiger partial charge in [-0.2, -0.15) is 0 Å².